The van der Waals surface area contributed by atoms with Crippen LogP contribution in [0.4, 0.5) is 0 Å². The van der Waals surface area contributed by atoms with Gasteiger partial charge in [0.2, 0.25) is 15.9 Å². The standard InChI is InChI=1S/C14H22N2O3S/c1-5-15-14(17)10-16(6-2)20(18,19)13-8-7-11(3)9-12(13)4/h7-9H,5-6,10H2,1-4H3,(H,15,17). The maximum Gasteiger partial charge on any atom is 0.243 e. The highest BCUT2D eigenvalue weighted by atomic mass is 32.2. The average Bonchev–Trinajstić information content (AvgIpc) is 2.35. The van der Waals surface area contributed by atoms with Crippen molar-refractivity contribution in [2.75, 3.05) is 19.6 Å². The van der Waals surface area contributed by atoms with Crippen LogP contribution in [0, 0.1) is 13.8 Å². The third-order valence-electron chi connectivity index (χ3n) is 2.99. The molecule has 0 aromatic heterocycles. The fourth-order valence-corrected chi connectivity index (χ4v) is 3.62. The summed E-state index contributed by atoms with van der Waals surface area (Å²) in [4.78, 5) is 11.9. The number of rotatable bonds is 6. The normalized spacial score (nSPS) is 11.7. The van der Waals surface area contributed by atoms with Crippen LogP contribution in [-0.4, -0.2) is 38.3 Å². The van der Waals surface area contributed by atoms with Crippen molar-refractivity contribution in [3.8, 4) is 0 Å². The SMILES string of the molecule is CCNC(=O)CN(CC)S(=O)(=O)c1ccc(C)cc1C. The maximum absolute atomic E-state index is 12.6. The fraction of sp³-hybridized carbons (Fsp3) is 0.500. The third kappa shape index (κ3) is 3.80. The molecule has 6 heteroatoms. The van der Waals surface area contributed by atoms with Gasteiger partial charge in [0.15, 0.2) is 0 Å². The summed E-state index contributed by atoms with van der Waals surface area (Å²) in [5.41, 5.74) is 1.70. The minimum atomic E-state index is -3.64. The quantitative estimate of drug-likeness (QED) is 0.864. The number of hydrogen-bond donors (Lipinski definition) is 1. The van der Waals surface area contributed by atoms with Crippen LogP contribution in [-0.2, 0) is 14.8 Å². The van der Waals surface area contributed by atoms with Gasteiger partial charge in [0.25, 0.3) is 0 Å². The van der Waals surface area contributed by atoms with Crippen molar-refractivity contribution < 1.29 is 13.2 Å². The topological polar surface area (TPSA) is 66.5 Å². The van der Waals surface area contributed by atoms with Gasteiger partial charge in [-0.05, 0) is 32.4 Å². The Bertz CT molecular complexity index is 582. The van der Waals surface area contributed by atoms with Gasteiger partial charge in [0, 0.05) is 13.1 Å². The van der Waals surface area contributed by atoms with E-state index < -0.39 is 10.0 Å². The van der Waals surface area contributed by atoms with Crippen LogP contribution in [0.3, 0.4) is 0 Å². The van der Waals surface area contributed by atoms with Crippen LogP contribution in [0.1, 0.15) is 25.0 Å². The van der Waals surface area contributed by atoms with Crippen molar-refractivity contribution >= 4 is 15.9 Å². The summed E-state index contributed by atoms with van der Waals surface area (Å²) in [6.45, 7) is 7.79. The van der Waals surface area contributed by atoms with Gasteiger partial charge < -0.3 is 5.32 Å². The predicted octanol–water partition coefficient (Wildman–Crippen LogP) is 1.45. The zero-order chi connectivity index (χ0) is 15.3. The van der Waals surface area contributed by atoms with Crippen LogP contribution < -0.4 is 5.32 Å². The van der Waals surface area contributed by atoms with Crippen LogP contribution in [0.15, 0.2) is 23.1 Å². The first-order valence-electron chi connectivity index (χ1n) is 6.67. The second kappa shape index (κ2) is 6.85. The molecule has 0 bridgehead atoms. The number of carbonyl (C=O) groups is 1. The summed E-state index contributed by atoms with van der Waals surface area (Å²) in [7, 11) is -3.64. The average molecular weight is 298 g/mol. The lowest BCUT2D eigenvalue weighted by Crippen LogP contribution is -2.40. The summed E-state index contributed by atoms with van der Waals surface area (Å²) >= 11 is 0. The summed E-state index contributed by atoms with van der Waals surface area (Å²) in [6.07, 6.45) is 0. The van der Waals surface area contributed by atoms with Crippen molar-refractivity contribution in [2.24, 2.45) is 0 Å². The Morgan fingerprint density at radius 2 is 1.90 bits per heavy atom. The molecule has 0 spiro atoms. The number of nitrogens with one attached hydrogen (secondary N) is 1. The number of amides is 1. The molecule has 112 valence electrons. The number of benzene rings is 1. The lowest BCUT2D eigenvalue weighted by atomic mass is 10.2. The number of carbonyl (C=O) groups excluding carboxylic acids is 1. The number of sulfonamides is 1. The van der Waals surface area contributed by atoms with E-state index in [0.717, 1.165) is 5.56 Å². The van der Waals surface area contributed by atoms with E-state index in [1.165, 1.54) is 4.31 Å². The molecule has 0 unspecified atom stereocenters. The number of likely N-dealkylation sites (N-methyl/N-ethyl adjacent to an activating group) is 2. The molecule has 20 heavy (non-hydrogen) atoms. The van der Waals surface area contributed by atoms with E-state index in [9.17, 15) is 13.2 Å². The molecule has 0 aliphatic heterocycles. The van der Waals surface area contributed by atoms with Gasteiger partial charge in [0.05, 0.1) is 11.4 Å². The molecule has 1 amide bonds. The first-order chi connectivity index (χ1) is 9.32. The molecular formula is C14H22N2O3S. The zero-order valence-electron chi connectivity index (χ0n) is 12.4. The number of hydrogen-bond acceptors (Lipinski definition) is 3. The Morgan fingerprint density at radius 1 is 1.25 bits per heavy atom. The van der Waals surface area contributed by atoms with Crippen LogP contribution >= 0.6 is 0 Å². The molecule has 0 aliphatic carbocycles. The van der Waals surface area contributed by atoms with Crippen molar-refractivity contribution in [1.29, 1.82) is 0 Å². The van der Waals surface area contributed by atoms with Gasteiger partial charge in [0.1, 0.15) is 0 Å². The molecule has 0 fully saturated rings. The smallest absolute Gasteiger partial charge is 0.243 e. The van der Waals surface area contributed by atoms with Crippen LogP contribution in [0.5, 0.6) is 0 Å². The predicted molar refractivity (Wildman–Crippen MR) is 79.0 cm³/mol. The minimum absolute atomic E-state index is 0.153. The Labute approximate surface area is 121 Å². The van der Waals surface area contributed by atoms with Gasteiger partial charge in [-0.3, -0.25) is 4.79 Å². The molecule has 0 radical (unpaired) electrons. The van der Waals surface area contributed by atoms with Crippen molar-refractivity contribution in [3.63, 3.8) is 0 Å². The molecule has 1 rings (SSSR count). The Balaban J connectivity index is 3.09. The second-order valence-corrected chi connectivity index (χ2v) is 6.56. The molecule has 0 saturated carbocycles. The zero-order valence-corrected chi connectivity index (χ0v) is 13.3. The van der Waals surface area contributed by atoms with E-state index in [1.807, 2.05) is 13.0 Å². The first-order valence-corrected chi connectivity index (χ1v) is 8.11. The fourth-order valence-electron chi connectivity index (χ4n) is 2.01. The van der Waals surface area contributed by atoms with E-state index in [0.29, 0.717) is 12.1 Å². The Hall–Kier alpha value is -1.40. The van der Waals surface area contributed by atoms with Gasteiger partial charge >= 0.3 is 0 Å². The van der Waals surface area contributed by atoms with E-state index in [1.54, 1.807) is 32.9 Å². The van der Waals surface area contributed by atoms with E-state index in [-0.39, 0.29) is 23.9 Å². The molecule has 0 aliphatic rings. The second-order valence-electron chi connectivity index (χ2n) is 4.65. The van der Waals surface area contributed by atoms with Crippen molar-refractivity contribution in [1.82, 2.24) is 9.62 Å². The lowest BCUT2D eigenvalue weighted by Gasteiger charge is -2.21. The first kappa shape index (κ1) is 16.7. The third-order valence-corrected chi connectivity index (χ3v) is 5.08. The highest BCUT2D eigenvalue weighted by Crippen LogP contribution is 2.20. The molecule has 1 aromatic rings. The molecule has 0 atom stereocenters. The summed E-state index contributed by atoms with van der Waals surface area (Å²) < 4.78 is 26.4. The van der Waals surface area contributed by atoms with Gasteiger partial charge in [-0.25, -0.2) is 8.42 Å². The Kier molecular flexibility index (Phi) is 5.71. The van der Waals surface area contributed by atoms with E-state index in [4.69, 9.17) is 0 Å². The molecule has 0 heterocycles. The van der Waals surface area contributed by atoms with Gasteiger partial charge in [-0.15, -0.1) is 0 Å². The van der Waals surface area contributed by atoms with Crippen molar-refractivity contribution in [2.45, 2.75) is 32.6 Å². The summed E-state index contributed by atoms with van der Waals surface area (Å²) in [5.74, 6) is -0.289. The van der Waals surface area contributed by atoms with E-state index in [2.05, 4.69) is 5.32 Å². The molecule has 5 nitrogen and oxygen atoms in total. The lowest BCUT2D eigenvalue weighted by molar-refractivity contribution is -0.121. The monoisotopic (exact) mass is 298 g/mol. The van der Waals surface area contributed by atoms with Crippen LogP contribution in [0.2, 0.25) is 0 Å². The molecular weight excluding hydrogens is 276 g/mol. The highest BCUT2D eigenvalue weighted by Gasteiger charge is 2.26. The number of nitrogens with zero attached hydrogens (tertiary/aromatic N) is 1. The molecule has 1 N–H and O–H groups in total. The largest absolute Gasteiger partial charge is 0.355 e. The van der Waals surface area contributed by atoms with Gasteiger partial charge in [-0.2, -0.15) is 4.31 Å². The molecule has 0 saturated heterocycles. The van der Waals surface area contributed by atoms with E-state index >= 15 is 0 Å². The van der Waals surface area contributed by atoms with Crippen molar-refractivity contribution in [3.05, 3.63) is 29.3 Å². The minimum Gasteiger partial charge on any atom is -0.355 e. The van der Waals surface area contributed by atoms with Crippen LogP contribution in [0.25, 0.3) is 0 Å². The maximum atomic E-state index is 12.6. The highest BCUT2D eigenvalue weighted by molar-refractivity contribution is 7.89. The summed E-state index contributed by atoms with van der Waals surface area (Å²) in [6, 6.07) is 5.19. The Morgan fingerprint density at radius 3 is 2.40 bits per heavy atom. The number of aryl methyl sites for hydroxylation is 2. The summed E-state index contributed by atoms with van der Waals surface area (Å²) in [5, 5.41) is 2.61. The molecule has 1 aromatic carbocycles. The van der Waals surface area contributed by atoms with Gasteiger partial charge in [-0.1, -0.05) is 24.6 Å².